The van der Waals surface area contributed by atoms with E-state index in [1.165, 1.54) is 12.1 Å². The number of hydrogen-bond acceptors (Lipinski definition) is 6. The first-order valence-electron chi connectivity index (χ1n) is 10.4. The molecule has 164 valence electrons. The Balaban J connectivity index is 1.47. The molecule has 1 fully saturated rings. The fourth-order valence-electron chi connectivity index (χ4n) is 3.35. The van der Waals surface area contributed by atoms with Crippen LogP contribution in [0.1, 0.15) is 56.7 Å². The first-order valence-corrected chi connectivity index (χ1v) is 10.4. The summed E-state index contributed by atoms with van der Waals surface area (Å²) >= 11 is 0. The van der Waals surface area contributed by atoms with E-state index < -0.39 is 5.60 Å². The molecule has 7 nitrogen and oxygen atoms in total. The van der Waals surface area contributed by atoms with Crippen molar-refractivity contribution in [2.24, 2.45) is 0 Å². The molecule has 32 heavy (non-hydrogen) atoms. The minimum absolute atomic E-state index is 0.317. The van der Waals surface area contributed by atoms with Gasteiger partial charge < -0.3 is 9.26 Å². The molecular formula is C24H23FN4O3. The lowest BCUT2D eigenvalue weighted by Gasteiger charge is -2.26. The number of rotatable bonds is 2. The molecule has 0 unspecified atom stereocenters. The minimum atomic E-state index is -0.576. The Morgan fingerprint density at radius 2 is 2.03 bits per heavy atom. The highest BCUT2D eigenvalue weighted by atomic mass is 19.1. The van der Waals surface area contributed by atoms with E-state index in [0.717, 1.165) is 12.8 Å². The third-order valence-electron chi connectivity index (χ3n) is 4.78. The van der Waals surface area contributed by atoms with Gasteiger partial charge in [-0.3, -0.25) is 9.88 Å². The van der Waals surface area contributed by atoms with Crippen LogP contribution in [-0.2, 0) is 4.74 Å². The van der Waals surface area contributed by atoms with Crippen molar-refractivity contribution in [3.8, 4) is 23.4 Å². The SMILES string of the molecule is CC(C)(C)OC(=O)N1CCC[C@H]1c1nc(-c2ccc(C#Cc3cccc(F)c3)cn2)no1. The zero-order valence-corrected chi connectivity index (χ0v) is 18.1. The van der Waals surface area contributed by atoms with Gasteiger partial charge in [-0.15, -0.1) is 0 Å². The van der Waals surface area contributed by atoms with E-state index in [1.54, 1.807) is 35.4 Å². The van der Waals surface area contributed by atoms with Crippen LogP contribution in [0.15, 0.2) is 47.1 Å². The normalized spacial score (nSPS) is 15.9. The number of carbonyl (C=O) groups is 1. The Morgan fingerprint density at radius 3 is 2.75 bits per heavy atom. The Morgan fingerprint density at radius 1 is 1.22 bits per heavy atom. The van der Waals surface area contributed by atoms with Gasteiger partial charge in [0, 0.05) is 23.9 Å². The number of pyridine rings is 1. The second-order valence-electron chi connectivity index (χ2n) is 8.48. The maximum absolute atomic E-state index is 13.3. The topological polar surface area (TPSA) is 81.4 Å². The van der Waals surface area contributed by atoms with Crippen LogP contribution in [0.25, 0.3) is 11.5 Å². The van der Waals surface area contributed by atoms with Gasteiger partial charge in [-0.25, -0.2) is 9.18 Å². The molecule has 0 radical (unpaired) electrons. The van der Waals surface area contributed by atoms with Gasteiger partial charge in [-0.1, -0.05) is 23.1 Å². The van der Waals surface area contributed by atoms with Crippen LogP contribution >= 0.6 is 0 Å². The van der Waals surface area contributed by atoms with Crippen molar-refractivity contribution in [3.63, 3.8) is 0 Å². The van der Waals surface area contributed by atoms with E-state index in [0.29, 0.717) is 35.1 Å². The molecule has 0 saturated carbocycles. The second-order valence-corrected chi connectivity index (χ2v) is 8.48. The summed E-state index contributed by atoms with van der Waals surface area (Å²) in [6.45, 7) is 6.07. The molecule has 1 amide bonds. The first kappa shape index (κ1) is 21.5. The van der Waals surface area contributed by atoms with Crippen molar-refractivity contribution in [1.29, 1.82) is 0 Å². The third-order valence-corrected chi connectivity index (χ3v) is 4.78. The Bertz CT molecular complexity index is 1170. The Kier molecular flexibility index (Phi) is 5.91. The van der Waals surface area contributed by atoms with Gasteiger partial charge in [-0.2, -0.15) is 4.98 Å². The van der Waals surface area contributed by atoms with Gasteiger partial charge in [0.2, 0.25) is 11.7 Å². The monoisotopic (exact) mass is 434 g/mol. The van der Waals surface area contributed by atoms with Crippen molar-refractivity contribution < 1.29 is 18.4 Å². The molecule has 1 atom stereocenters. The fraction of sp³-hybridized carbons (Fsp3) is 0.333. The molecule has 2 aromatic heterocycles. The van der Waals surface area contributed by atoms with Crippen molar-refractivity contribution in [2.45, 2.75) is 45.3 Å². The fourth-order valence-corrected chi connectivity index (χ4v) is 3.35. The number of benzene rings is 1. The lowest BCUT2D eigenvalue weighted by Crippen LogP contribution is -2.36. The zero-order valence-electron chi connectivity index (χ0n) is 18.1. The molecule has 3 heterocycles. The van der Waals surface area contributed by atoms with Crippen LogP contribution in [-0.4, -0.2) is 38.3 Å². The molecule has 1 aliphatic heterocycles. The van der Waals surface area contributed by atoms with Gasteiger partial charge in [0.25, 0.3) is 0 Å². The van der Waals surface area contributed by atoms with Crippen molar-refractivity contribution in [2.75, 3.05) is 6.54 Å². The summed E-state index contributed by atoms with van der Waals surface area (Å²) in [5.41, 5.74) is 1.21. The predicted octanol–water partition coefficient (Wildman–Crippen LogP) is 4.74. The van der Waals surface area contributed by atoms with Crippen LogP contribution < -0.4 is 0 Å². The van der Waals surface area contributed by atoms with E-state index in [-0.39, 0.29) is 18.0 Å². The molecule has 0 aliphatic carbocycles. The van der Waals surface area contributed by atoms with Crippen LogP contribution in [0, 0.1) is 17.7 Å². The number of amides is 1. The van der Waals surface area contributed by atoms with Crippen molar-refractivity contribution in [1.82, 2.24) is 20.0 Å². The summed E-state index contributed by atoms with van der Waals surface area (Å²) in [7, 11) is 0. The molecule has 3 aromatic rings. The number of ether oxygens (including phenoxy) is 1. The molecule has 8 heteroatoms. The largest absolute Gasteiger partial charge is 0.444 e. The number of hydrogen-bond donors (Lipinski definition) is 0. The van der Waals surface area contributed by atoms with Gasteiger partial charge in [-0.05, 0) is 63.9 Å². The number of likely N-dealkylation sites (tertiary alicyclic amines) is 1. The molecule has 0 N–H and O–H groups in total. The highest BCUT2D eigenvalue weighted by Gasteiger charge is 2.36. The second kappa shape index (κ2) is 8.79. The summed E-state index contributed by atoms with van der Waals surface area (Å²) < 4.78 is 24.2. The summed E-state index contributed by atoms with van der Waals surface area (Å²) in [6.07, 6.45) is 2.76. The highest BCUT2D eigenvalue weighted by Crippen LogP contribution is 2.33. The molecule has 0 bridgehead atoms. The van der Waals surface area contributed by atoms with Gasteiger partial charge in [0.1, 0.15) is 23.2 Å². The zero-order chi connectivity index (χ0) is 22.7. The van der Waals surface area contributed by atoms with Crippen molar-refractivity contribution in [3.05, 3.63) is 65.4 Å². The molecular weight excluding hydrogens is 411 g/mol. The predicted molar refractivity (Wildman–Crippen MR) is 115 cm³/mol. The van der Waals surface area contributed by atoms with Crippen LogP contribution in [0.5, 0.6) is 0 Å². The quantitative estimate of drug-likeness (QED) is 0.542. The third kappa shape index (κ3) is 5.11. The molecule has 4 rings (SSSR count). The molecule has 1 aromatic carbocycles. The van der Waals surface area contributed by atoms with Gasteiger partial charge >= 0.3 is 6.09 Å². The Labute approximate surface area is 185 Å². The van der Waals surface area contributed by atoms with Crippen molar-refractivity contribution >= 4 is 6.09 Å². The van der Waals surface area contributed by atoms with E-state index in [1.807, 2.05) is 20.8 Å². The first-order chi connectivity index (χ1) is 15.3. The maximum Gasteiger partial charge on any atom is 0.410 e. The maximum atomic E-state index is 13.3. The lowest BCUT2D eigenvalue weighted by atomic mass is 10.2. The van der Waals surface area contributed by atoms with Crippen LogP contribution in [0.3, 0.4) is 0 Å². The summed E-state index contributed by atoms with van der Waals surface area (Å²) in [4.78, 5) is 22.9. The summed E-state index contributed by atoms with van der Waals surface area (Å²) in [5, 5.41) is 4.03. The van der Waals surface area contributed by atoms with E-state index >= 15 is 0 Å². The van der Waals surface area contributed by atoms with Crippen LogP contribution in [0.2, 0.25) is 0 Å². The van der Waals surface area contributed by atoms with E-state index in [2.05, 4.69) is 27.0 Å². The van der Waals surface area contributed by atoms with Gasteiger partial charge in [0.05, 0.1) is 0 Å². The van der Waals surface area contributed by atoms with E-state index in [9.17, 15) is 9.18 Å². The van der Waals surface area contributed by atoms with E-state index in [4.69, 9.17) is 9.26 Å². The summed E-state index contributed by atoms with van der Waals surface area (Å²) in [6, 6.07) is 9.31. The Hall–Kier alpha value is -3.73. The molecule has 1 aliphatic rings. The number of aromatic nitrogens is 3. The smallest absolute Gasteiger partial charge is 0.410 e. The summed E-state index contributed by atoms with van der Waals surface area (Å²) in [5.74, 6) is 6.22. The number of halogens is 1. The highest BCUT2D eigenvalue weighted by molar-refractivity contribution is 5.69. The standard InChI is InChI=1S/C24H23FN4O3/c1-24(2,3)31-23(30)29-13-5-8-20(29)22-27-21(28-32-22)19-12-11-17(15-26-19)10-9-16-6-4-7-18(25)14-16/h4,6-7,11-12,14-15,20H,5,8,13H2,1-3H3/t20-/m0/s1. The average molecular weight is 434 g/mol. The lowest BCUT2D eigenvalue weighted by molar-refractivity contribution is 0.0199. The van der Waals surface area contributed by atoms with Crippen LogP contribution in [0.4, 0.5) is 9.18 Å². The molecule has 1 saturated heterocycles. The minimum Gasteiger partial charge on any atom is -0.444 e. The average Bonchev–Trinajstić information content (AvgIpc) is 3.41. The number of nitrogens with zero attached hydrogens (tertiary/aromatic N) is 4. The molecule has 0 spiro atoms. The van der Waals surface area contributed by atoms with Gasteiger partial charge in [0.15, 0.2) is 0 Å². The number of carbonyl (C=O) groups excluding carboxylic acids is 1.